The van der Waals surface area contributed by atoms with E-state index in [9.17, 15) is 4.79 Å². The largest absolute Gasteiger partial charge is 0.489 e. The van der Waals surface area contributed by atoms with Crippen molar-refractivity contribution in [1.29, 1.82) is 0 Å². The Bertz CT molecular complexity index is 1170. The number of hydrogen-bond acceptors (Lipinski definition) is 7. The van der Waals surface area contributed by atoms with Gasteiger partial charge in [0.15, 0.2) is 0 Å². The van der Waals surface area contributed by atoms with Gasteiger partial charge in [0.25, 0.3) is 5.89 Å². The molecule has 4 rings (SSSR count). The predicted molar refractivity (Wildman–Crippen MR) is 132 cm³/mol. The summed E-state index contributed by atoms with van der Waals surface area (Å²) in [6, 6.07) is 9.75. The number of ether oxygens (including phenoxy) is 1. The Morgan fingerprint density at radius 2 is 2.12 bits per heavy atom. The molecular weight excluding hydrogens is 430 g/mol. The number of carbonyl (C=O) groups is 1. The predicted octanol–water partition coefficient (Wildman–Crippen LogP) is 3.97. The molecule has 2 heterocycles. The van der Waals surface area contributed by atoms with Gasteiger partial charge in [-0.15, -0.1) is 0 Å². The summed E-state index contributed by atoms with van der Waals surface area (Å²) in [7, 11) is 1.68. The molecule has 0 atom stereocenters. The van der Waals surface area contributed by atoms with Gasteiger partial charge in [0.1, 0.15) is 5.75 Å². The molecule has 2 aromatic carbocycles. The first-order valence-corrected chi connectivity index (χ1v) is 11.8. The lowest BCUT2D eigenvalue weighted by atomic mass is 9.91. The number of nitrogens with two attached hydrogens (primary N) is 1. The number of nitrogens with one attached hydrogen (secondary N) is 1. The summed E-state index contributed by atoms with van der Waals surface area (Å²) in [5.41, 5.74) is 12.3. The van der Waals surface area contributed by atoms with Crippen molar-refractivity contribution in [2.45, 2.75) is 52.7 Å². The number of aromatic nitrogens is 2. The Hall–Kier alpha value is -3.39. The molecule has 1 aliphatic rings. The number of hydrogen-bond donors (Lipinski definition) is 2. The first-order chi connectivity index (χ1) is 16.4. The van der Waals surface area contributed by atoms with Crippen molar-refractivity contribution in [2.24, 2.45) is 0 Å². The van der Waals surface area contributed by atoms with Crippen molar-refractivity contribution in [1.82, 2.24) is 20.4 Å². The fourth-order valence-electron chi connectivity index (χ4n) is 4.41. The Labute approximate surface area is 200 Å². The quantitative estimate of drug-likeness (QED) is 0.487. The molecule has 34 heavy (non-hydrogen) atoms. The van der Waals surface area contributed by atoms with Gasteiger partial charge in [-0.25, -0.2) is 0 Å². The second-order valence-electron chi connectivity index (χ2n) is 9.02. The molecule has 0 unspecified atom stereocenters. The Morgan fingerprint density at radius 3 is 2.85 bits per heavy atom. The van der Waals surface area contributed by atoms with E-state index in [2.05, 4.69) is 39.4 Å². The summed E-state index contributed by atoms with van der Waals surface area (Å²) in [5.74, 6) is 1.74. The average Bonchev–Trinajstić information content (AvgIpc) is 3.30. The minimum atomic E-state index is 0.0461. The van der Waals surface area contributed by atoms with E-state index in [0.717, 1.165) is 43.6 Å². The number of carbonyl (C=O) groups excluding carboxylic acids is 1. The van der Waals surface area contributed by atoms with Crippen LogP contribution in [-0.4, -0.2) is 47.2 Å². The van der Waals surface area contributed by atoms with E-state index >= 15 is 0 Å². The number of fused-ring (bicyclic) bond motifs is 1. The highest BCUT2D eigenvalue weighted by atomic mass is 16.5. The van der Waals surface area contributed by atoms with Crippen LogP contribution >= 0.6 is 0 Å². The highest BCUT2D eigenvalue weighted by Crippen LogP contribution is 2.33. The van der Waals surface area contributed by atoms with Crippen LogP contribution in [0.5, 0.6) is 5.75 Å². The highest BCUT2D eigenvalue weighted by molar-refractivity contribution is 5.75. The van der Waals surface area contributed by atoms with E-state index in [4.69, 9.17) is 15.0 Å². The minimum Gasteiger partial charge on any atom is -0.489 e. The maximum atomic E-state index is 11.5. The van der Waals surface area contributed by atoms with Gasteiger partial charge in [-0.1, -0.05) is 17.3 Å². The molecule has 0 saturated carbocycles. The van der Waals surface area contributed by atoms with Gasteiger partial charge in [0.05, 0.1) is 11.8 Å². The molecule has 0 bridgehead atoms. The zero-order chi connectivity index (χ0) is 24.2. The Balaban J connectivity index is 1.48. The fraction of sp³-hybridized carbons (Fsp3) is 0.423. The molecule has 0 saturated heterocycles. The third-order valence-electron chi connectivity index (χ3n) is 6.21. The first-order valence-electron chi connectivity index (χ1n) is 11.8. The van der Waals surface area contributed by atoms with Gasteiger partial charge in [0, 0.05) is 37.7 Å². The molecule has 0 radical (unpaired) electrons. The molecule has 3 aromatic rings. The van der Waals surface area contributed by atoms with Crippen LogP contribution in [0.25, 0.3) is 22.8 Å². The van der Waals surface area contributed by atoms with E-state index in [1.165, 1.54) is 16.7 Å². The summed E-state index contributed by atoms with van der Waals surface area (Å²) >= 11 is 0. The Morgan fingerprint density at radius 1 is 1.29 bits per heavy atom. The third-order valence-corrected chi connectivity index (χ3v) is 6.21. The van der Waals surface area contributed by atoms with Crippen LogP contribution < -0.4 is 15.8 Å². The van der Waals surface area contributed by atoms with Gasteiger partial charge >= 0.3 is 0 Å². The van der Waals surface area contributed by atoms with E-state index in [1.807, 2.05) is 26.0 Å². The number of nitrogen functional groups attached to an aromatic ring is 1. The summed E-state index contributed by atoms with van der Waals surface area (Å²) in [5, 5.41) is 6.93. The maximum Gasteiger partial charge on any atom is 0.258 e. The first kappa shape index (κ1) is 23.8. The van der Waals surface area contributed by atoms with E-state index < -0.39 is 0 Å². The van der Waals surface area contributed by atoms with Crippen LogP contribution in [0.15, 0.2) is 34.9 Å². The lowest BCUT2D eigenvalue weighted by molar-refractivity contribution is -0.120. The molecule has 8 heteroatoms. The maximum absolute atomic E-state index is 11.5. The number of benzene rings is 2. The summed E-state index contributed by atoms with van der Waals surface area (Å²) in [6.45, 7) is 8.85. The molecule has 8 nitrogen and oxygen atoms in total. The SMILES string of the molecule is CNC(=O)CCCN1CCc2c(ccc(-c3noc(-c4ccc(OC(C)C)c(N)c4)n3)c2C)C1. The standard InChI is InChI=1S/C26H33N5O3/c1-16(2)33-23-10-8-18(14-22(23)27)26-29-25(30-34-26)21-9-7-19-15-31(12-5-6-24(32)28-4)13-11-20(19)17(21)3/h7-10,14,16H,5-6,11-13,15,27H2,1-4H3,(H,28,32). The average molecular weight is 464 g/mol. The summed E-state index contributed by atoms with van der Waals surface area (Å²) in [4.78, 5) is 18.5. The zero-order valence-electron chi connectivity index (χ0n) is 20.4. The van der Waals surface area contributed by atoms with Gasteiger partial charge in [-0.05, 0) is 75.0 Å². The smallest absolute Gasteiger partial charge is 0.258 e. The lowest BCUT2D eigenvalue weighted by Crippen LogP contribution is -2.32. The lowest BCUT2D eigenvalue weighted by Gasteiger charge is -2.30. The van der Waals surface area contributed by atoms with Crippen LogP contribution in [0.3, 0.4) is 0 Å². The third kappa shape index (κ3) is 5.22. The molecule has 0 aliphatic carbocycles. The Kier molecular flexibility index (Phi) is 7.17. The van der Waals surface area contributed by atoms with Crippen molar-refractivity contribution in [3.8, 4) is 28.6 Å². The molecule has 0 spiro atoms. The highest BCUT2D eigenvalue weighted by Gasteiger charge is 2.22. The topological polar surface area (TPSA) is 107 Å². The van der Waals surface area contributed by atoms with Crippen molar-refractivity contribution < 1.29 is 14.1 Å². The van der Waals surface area contributed by atoms with E-state index in [0.29, 0.717) is 29.6 Å². The zero-order valence-corrected chi connectivity index (χ0v) is 20.4. The van der Waals surface area contributed by atoms with E-state index in [-0.39, 0.29) is 12.0 Å². The van der Waals surface area contributed by atoms with Crippen LogP contribution in [-0.2, 0) is 17.8 Å². The molecule has 0 fully saturated rings. The van der Waals surface area contributed by atoms with Crippen LogP contribution in [0.2, 0.25) is 0 Å². The molecule has 180 valence electrons. The molecular formula is C26H33N5O3. The van der Waals surface area contributed by atoms with Crippen molar-refractivity contribution in [2.75, 3.05) is 25.9 Å². The number of nitrogens with zero attached hydrogens (tertiary/aromatic N) is 3. The fourth-order valence-corrected chi connectivity index (χ4v) is 4.41. The van der Waals surface area contributed by atoms with Crippen LogP contribution in [0.1, 0.15) is 43.4 Å². The number of anilines is 1. The second kappa shape index (κ2) is 10.3. The van der Waals surface area contributed by atoms with E-state index in [1.54, 1.807) is 13.1 Å². The van der Waals surface area contributed by atoms with Crippen LogP contribution in [0, 0.1) is 6.92 Å². The van der Waals surface area contributed by atoms with Gasteiger partial charge in [0.2, 0.25) is 11.7 Å². The second-order valence-corrected chi connectivity index (χ2v) is 9.02. The summed E-state index contributed by atoms with van der Waals surface area (Å²) < 4.78 is 11.3. The number of rotatable bonds is 8. The van der Waals surface area contributed by atoms with Crippen molar-refractivity contribution >= 4 is 11.6 Å². The monoisotopic (exact) mass is 463 g/mol. The normalized spacial score (nSPS) is 13.7. The number of amides is 1. The molecule has 1 amide bonds. The van der Waals surface area contributed by atoms with Crippen molar-refractivity contribution in [3.05, 3.63) is 47.0 Å². The van der Waals surface area contributed by atoms with Gasteiger partial charge in [-0.3, -0.25) is 9.69 Å². The van der Waals surface area contributed by atoms with Gasteiger partial charge in [-0.2, -0.15) is 4.98 Å². The summed E-state index contributed by atoms with van der Waals surface area (Å²) in [6.07, 6.45) is 2.45. The van der Waals surface area contributed by atoms with Crippen molar-refractivity contribution in [3.63, 3.8) is 0 Å². The molecule has 1 aromatic heterocycles. The van der Waals surface area contributed by atoms with Crippen LogP contribution in [0.4, 0.5) is 5.69 Å². The van der Waals surface area contributed by atoms with Gasteiger partial charge < -0.3 is 20.3 Å². The minimum absolute atomic E-state index is 0.0461. The molecule has 3 N–H and O–H groups in total. The molecule has 1 aliphatic heterocycles.